The summed E-state index contributed by atoms with van der Waals surface area (Å²) in [7, 11) is 0. The standard InChI is InChI=1S/C21H23N3O3.C2HF3O2/c1-14-4-2-5-15(8-14)21(26)24-11-18-17(13-27-19(18)12-24)10-23-20(25)16-6-3-7-22-9-16;3-2(4,5)1(6)7/h2-9,17-19H,10-13H2,1H3,(H,23,25);(H,6,7)/t17-,18+,19+;/m0./s1. The number of likely N-dealkylation sites (tertiary alicyclic amines) is 1. The van der Waals surface area contributed by atoms with Crippen molar-refractivity contribution in [2.24, 2.45) is 11.8 Å². The lowest BCUT2D eigenvalue weighted by atomic mass is 9.93. The number of carbonyl (C=O) groups excluding carboxylic acids is 2. The van der Waals surface area contributed by atoms with E-state index in [0.29, 0.717) is 31.8 Å². The number of hydrogen-bond acceptors (Lipinski definition) is 5. The van der Waals surface area contributed by atoms with E-state index < -0.39 is 12.1 Å². The molecule has 0 saturated carbocycles. The maximum absolute atomic E-state index is 12.8. The minimum Gasteiger partial charge on any atom is -0.475 e. The number of amides is 2. The number of aryl methyl sites for hydroxylation is 1. The summed E-state index contributed by atoms with van der Waals surface area (Å²) >= 11 is 0. The molecule has 2 aromatic rings. The Labute approximate surface area is 193 Å². The summed E-state index contributed by atoms with van der Waals surface area (Å²) in [5.41, 5.74) is 2.35. The molecule has 1 aromatic carbocycles. The Morgan fingerprint density at radius 2 is 1.88 bits per heavy atom. The van der Waals surface area contributed by atoms with E-state index in [1.54, 1.807) is 24.5 Å². The first kappa shape index (κ1) is 25.2. The highest BCUT2D eigenvalue weighted by Gasteiger charge is 2.45. The van der Waals surface area contributed by atoms with E-state index in [1.807, 2.05) is 36.1 Å². The highest BCUT2D eigenvalue weighted by molar-refractivity contribution is 5.95. The molecule has 11 heteroatoms. The Bertz CT molecular complexity index is 1030. The van der Waals surface area contributed by atoms with E-state index in [-0.39, 0.29) is 29.8 Å². The molecule has 0 bridgehead atoms. The molecule has 2 aliphatic heterocycles. The van der Waals surface area contributed by atoms with Crippen LogP contribution in [0.25, 0.3) is 0 Å². The maximum Gasteiger partial charge on any atom is 0.490 e. The molecule has 182 valence electrons. The molecule has 8 nitrogen and oxygen atoms in total. The number of aliphatic carboxylic acids is 1. The first-order chi connectivity index (χ1) is 16.1. The largest absolute Gasteiger partial charge is 0.490 e. The molecule has 1 aromatic heterocycles. The average Bonchev–Trinajstić information content (AvgIpc) is 3.38. The summed E-state index contributed by atoms with van der Waals surface area (Å²) < 4.78 is 37.6. The van der Waals surface area contributed by atoms with Crippen molar-refractivity contribution in [2.75, 3.05) is 26.2 Å². The highest BCUT2D eigenvalue weighted by Crippen LogP contribution is 2.34. The lowest BCUT2D eigenvalue weighted by Gasteiger charge is -2.20. The van der Waals surface area contributed by atoms with Crippen molar-refractivity contribution in [3.63, 3.8) is 0 Å². The number of carbonyl (C=O) groups is 3. The first-order valence-corrected chi connectivity index (χ1v) is 10.5. The van der Waals surface area contributed by atoms with Crippen molar-refractivity contribution in [3.05, 3.63) is 65.5 Å². The van der Waals surface area contributed by atoms with Gasteiger partial charge in [-0.1, -0.05) is 17.7 Å². The number of carboxylic acids is 1. The lowest BCUT2D eigenvalue weighted by Crippen LogP contribution is -2.35. The second-order valence-corrected chi connectivity index (χ2v) is 8.13. The van der Waals surface area contributed by atoms with Gasteiger partial charge in [-0.15, -0.1) is 0 Å². The van der Waals surface area contributed by atoms with Crippen LogP contribution in [0.1, 0.15) is 26.3 Å². The Balaban J connectivity index is 0.000000406. The third kappa shape index (κ3) is 6.31. The molecule has 2 saturated heterocycles. The molecule has 4 rings (SSSR count). The number of fused-ring (bicyclic) bond motifs is 1. The van der Waals surface area contributed by atoms with Crippen LogP contribution in [0.5, 0.6) is 0 Å². The maximum atomic E-state index is 12.8. The van der Waals surface area contributed by atoms with Crippen LogP contribution in [0.3, 0.4) is 0 Å². The van der Waals surface area contributed by atoms with Gasteiger partial charge in [0.05, 0.1) is 18.3 Å². The van der Waals surface area contributed by atoms with Crippen molar-refractivity contribution < 1.29 is 37.4 Å². The third-order valence-corrected chi connectivity index (χ3v) is 5.68. The number of halogens is 3. The lowest BCUT2D eigenvalue weighted by molar-refractivity contribution is -0.192. The third-order valence-electron chi connectivity index (χ3n) is 5.68. The number of rotatable bonds is 4. The Morgan fingerprint density at radius 1 is 1.18 bits per heavy atom. The minimum atomic E-state index is -5.08. The summed E-state index contributed by atoms with van der Waals surface area (Å²) in [4.78, 5) is 39.8. The van der Waals surface area contributed by atoms with Gasteiger partial charge in [0.15, 0.2) is 0 Å². The predicted molar refractivity (Wildman–Crippen MR) is 114 cm³/mol. The number of nitrogens with one attached hydrogen (secondary N) is 1. The van der Waals surface area contributed by atoms with Gasteiger partial charge in [0.25, 0.3) is 11.8 Å². The number of hydrogen-bond donors (Lipinski definition) is 2. The van der Waals surface area contributed by atoms with Gasteiger partial charge in [0.2, 0.25) is 0 Å². The molecular weight excluding hydrogens is 455 g/mol. The van der Waals surface area contributed by atoms with Gasteiger partial charge in [-0.25, -0.2) is 4.79 Å². The number of ether oxygens (including phenoxy) is 1. The van der Waals surface area contributed by atoms with Crippen molar-refractivity contribution >= 4 is 17.8 Å². The van der Waals surface area contributed by atoms with Crippen molar-refractivity contribution in [2.45, 2.75) is 19.2 Å². The monoisotopic (exact) mass is 479 g/mol. The molecule has 3 heterocycles. The van der Waals surface area contributed by atoms with Crippen LogP contribution in [-0.2, 0) is 9.53 Å². The number of alkyl halides is 3. The molecule has 2 fully saturated rings. The summed E-state index contributed by atoms with van der Waals surface area (Å²) in [6, 6.07) is 11.2. The predicted octanol–water partition coefficient (Wildman–Crippen LogP) is 2.54. The van der Waals surface area contributed by atoms with Crippen molar-refractivity contribution in [1.82, 2.24) is 15.2 Å². The van der Waals surface area contributed by atoms with Crippen LogP contribution in [0, 0.1) is 18.8 Å². The molecular formula is C23H24F3N3O5. The van der Waals surface area contributed by atoms with Gasteiger partial charge in [0.1, 0.15) is 0 Å². The summed E-state index contributed by atoms with van der Waals surface area (Å²) in [6.07, 6.45) is -1.83. The molecule has 34 heavy (non-hydrogen) atoms. The minimum absolute atomic E-state index is 0.0508. The van der Waals surface area contributed by atoms with Crippen LogP contribution in [0.15, 0.2) is 48.8 Å². The van der Waals surface area contributed by atoms with Crippen LogP contribution in [-0.4, -0.2) is 71.3 Å². The van der Waals surface area contributed by atoms with Crippen molar-refractivity contribution in [1.29, 1.82) is 0 Å². The molecule has 0 radical (unpaired) electrons. The quantitative estimate of drug-likeness (QED) is 0.698. The number of nitrogens with zero attached hydrogens (tertiary/aromatic N) is 2. The molecule has 2 amide bonds. The summed E-state index contributed by atoms with van der Waals surface area (Å²) in [5.74, 6) is -2.36. The number of pyridine rings is 1. The van der Waals surface area contributed by atoms with Gasteiger partial charge in [-0.05, 0) is 31.2 Å². The van der Waals surface area contributed by atoms with Crippen LogP contribution >= 0.6 is 0 Å². The summed E-state index contributed by atoms with van der Waals surface area (Å²) in [5, 5.41) is 10.1. The Hall–Kier alpha value is -3.47. The SMILES string of the molecule is Cc1cccc(C(=O)N2C[C@@H]3[C@@H](CNC(=O)c4cccnc4)CO[C@@H]3C2)c1.O=C(O)C(F)(F)F. The average molecular weight is 479 g/mol. The fraction of sp³-hybridized carbons (Fsp3) is 0.391. The van der Waals surface area contributed by atoms with E-state index in [2.05, 4.69) is 10.3 Å². The van der Waals surface area contributed by atoms with E-state index in [1.165, 1.54) is 0 Å². The summed E-state index contributed by atoms with van der Waals surface area (Å²) in [6.45, 7) is 4.44. The Kier molecular flexibility index (Phi) is 7.87. The van der Waals surface area contributed by atoms with Crippen LogP contribution < -0.4 is 5.32 Å². The van der Waals surface area contributed by atoms with E-state index >= 15 is 0 Å². The van der Waals surface area contributed by atoms with Gasteiger partial charge in [-0.3, -0.25) is 14.6 Å². The Morgan fingerprint density at radius 3 is 2.50 bits per heavy atom. The van der Waals surface area contributed by atoms with Crippen LogP contribution in [0.2, 0.25) is 0 Å². The number of carboxylic acid groups (broad SMARTS) is 1. The molecule has 0 spiro atoms. The zero-order valence-corrected chi connectivity index (χ0v) is 18.3. The van der Waals surface area contributed by atoms with Crippen LogP contribution in [0.4, 0.5) is 13.2 Å². The molecule has 0 unspecified atom stereocenters. The molecule has 3 atom stereocenters. The molecule has 2 N–H and O–H groups in total. The second kappa shape index (κ2) is 10.6. The normalized spacial score (nSPS) is 21.3. The fourth-order valence-electron chi connectivity index (χ4n) is 3.96. The number of aromatic nitrogens is 1. The smallest absolute Gasteiger partial charge is 0.475 e. The van der Waals surface area contributed by atoms with E-state index in [9.17, 15) is 22.8 Å². The van der Waals surface area contributed by atoms with Gasteiger partial charge in [-0.2, -0.15) is 13.2 Å². The molecule has 2 aliphatic rings. The van der Waals surface area contributed by atoms with Gasteiger partial charge >= 0.3 is 12.1 Å². The van der Waals surface area contributed by atoms with E-state index in [0.717, 1.165) is 11.1 Å². The fourth-order valence-corrected chi connectivity index (χ4v) is 3.96. The van der Waals surface area contributed by atoms with E-state index in [4.69, 9.17) is 14.6 Å². The van der Waals surface area contributed by atoms with Gasteiger partial charge < -0.3 is 20.1 Å². The zero-order valence-electron chi connectivity index (χ0n) is 18.3. The topological polar surface area (TPSA) is 109 Å². The van der Waals surface area contributed by atoms with Crippen molar-refractivity contribution in [3.8, 4) is 0 Å². The molecule has 0 aliphatic carbocycles. The second-order valence-electron chi connectivity index (χ2n) is 8.13. The zero-order chi connectivity index (χ0) is 24.9. The first-order valence-electron chi connectivity index (χ1n) is 10.5. The van der Waals surface area contributed by atoms with Gasteiger partial charge in [0, 0.05) is 49.4 Å². The highest BCUT2D eigenvalue weighted by atomic mass is 19.4. The number of benzene rings is 1.